The molecule has 39 heavy (non-hydrogen) atoms. The number of anilines is 1. The number of nitriles is 1. The molecule has 0 saturated heterocycles. The van der Waals surface area contributed by atoms with Gasteiger partial charge in [-0.2, -0.15) is 10.4 Å². The van der Waals surface area contributed by atoms with Crippen LogP contribution in [0.25, 0.3) is 16.9 Å². The molecule has 0 radical (unpaired) electrons. The van der Waals surface area contributed by atoms with E-state index in [-0.39, 0.29) is 18.2 Å². The second-order valence-corrected chi connectivity index (χ2v) is 12.2. The summed E-state index contributed by atoms with van der Waals surface area (Å²) in [5.41, 5.74) is 1.21. The van der Waals surface area contributed by atoms with Crippen molar-refractivity contribution in [2.75, 3.05) is 11.9 Å². The summed E-state index contributed by atoms with van der Waals surface area (Å²) < 4.78 is 16.1. The van der Waals surface area contributed by atoms with Crippen molar-refractivity contribution in [3.63, 3.8) is 0 Å². The summed E-state index contributed by atoms with van der Waals surface area (Å²) in [5, 5.41) is 40.8. The van der Waals surface area contributed by atoms with E-state index in [1.54, 1.807) is 10.6 Å². The van der Waals surface area contributed by atoms with Crippen molar-refractivity contribution in [3.05, 3.63) is 47.8 Å². The topological polar surface area (TPSA) is 136 Å². The molecule has 9 nitrogen and oxygen atoms in total. The smallest absolute Gasteiger partial charge is 0.255 e. The molecular weight excluding hydrogens is 499 g/mol. The predicted molar refractivity (Wildman–Crippen MR) is 143 cm³/mol. The number of carbonyl (C=O) groups is 1. The van der Waals surface area contributed by atoms with Gasteiger partial charge in [-0.1, -0.05) is 0 Å². The number of aliphatic hydroxyl groups is 2. The van der Waals surface area contributed by atoms with Crippen molar-refractivity contribution in [2.24, 2.45) is 17.8 Å². The first kappa shape index (κ1) is 25.7. The van der Waals surface area contributed by atoms with Crippen LogP contribution in [0.1, 0.15) is 61.9 Å². The molecule has 3 heterocycles. The maximum atomic E-state index is 14.4. The van der Waals surface area contributed by atoms with E-state index in [4.69, 9.17) is 0 Å². The van der Waals surface area contributed by atoms with Gasteiger partial charge in [0, 0.05) is 12.2 Å². The zero-order valence-corrected chi connectivity index (χ0v) is 22.1. The van der Waals surface area contributed by atoms with Gasteiger partial charge in [0.1, 0.15) is 12.2 Å². The lowest BCUT2D eigenvalue weighted by Gasteiger charge is -2.58. The number of alkyl halides is 1. The average Bonchev–Trinajstić information content (AvgIpc) is 3.30. The van der Waals surface area contributed by atoms with Crippen LogP contribution < -0.4 is 10.6 Å². The molecule has 3 aromatic rings. The first-order valence-electron chi connectivity index (χ1n) is 13.5. The van der Waals surface area contributed by atoms with E-state index in [0.717, 1.165) is 37.6 Å². The predicted octanol–water partition coefficient (Wildman–Crippen LogP) is 3.46. The Morgan fingerprint density at radius 1 is 1.26 bits per heavy atom. The first-order valence-corrected chi connectivity index (χ1v) is 13.5. The molecule has 0 aromatic carbocycles. The SMILES string of the molecule is CC(C)(O)C(F)CNC(=O)c1cnc(-c2ccc3cc(C#N)cnn23)cc1NC1C2CC3CC1CC(O)(C3)C2. The third-order valence-electron chi connectivity index (χ3n) is 8.81. The van der Waals surface area contributed by atoms with Gasteiger partial charge >= 0.3 is 0 Å². The average molecular weight is 533 g/mol. The van der Waals surface area contributed by atoms with E-state index in [1.165, 1.54) is 26.2 Å². The minimum Gasteiger partial charge on any atom is -0.390 e. The number of hydrogen-bond donors (Lipinski definition) is 4. The quantitative estimate of drug-likeness (QED) is 0.366. The number of amides is 1. The van der Waals surface area contributed by atoms with Gasteiger partial charge in [-0.25, -0.2) is 8.91 Å². The number of hydrogen-bond acceptors (Lipinski definition) is 7. The van der Waals surface area contributed by atoms with Crippen LogP contribution in [0.2, 0.25) is 0 Å². The summed E-state index contributed by atoms with van der Waals surface area (Å²) in [7, 11) is 0. The van der Waals surface area contributed by atoms with Gasteiger partial charge < -0.3 is 20.8 Å². The van der Waals surface area contributed by atoms with Gasteiger partial charge in [0.25, 0.3) is 5.91 Å². The molecule has 0 spiro atoms. The van der Waals surface area contributed by atoms with Gasteiger partial charge in [0.15, 0.2) is 0 Å². The third kappa shape index (κ3) is 4.74. The minimum absolute atomic E-state index is 0.106. The highest BCUT2D eigenvalue weighted by Gasteiger charge is 2.54. The zero-order valence-electron chi connectivity index (χ0n) is 22.1. The van der Waals surface area contributed by atoms with Crippen molar-refractivity contribution in [1.29, 1.82) is 5.26 Å². The summed E-state index contributed by atoms with van der Waals surface area (Å²) in [6, 6.07) is 9.48. The molecule has 10 heteroatoms. The number of fused-ring (bicyclic) bond motifs is 1. The largest absolute Gasteiger partial charge is 0.390 e. The summed E-state index contributed by atoms with van der Waals surface area (Å²) in [6.45, 7) is 2.40. The zero-order chi connectivity index (χ0) is 27.5. The number of nitrogens with one attached hydrogen (secondary N) is 2. The number of aromatic nitrogens is 3. The highest BCUT2D eigenvalue weighted by Crippen LogP contribution is 2.56. The summed E-state index contributed by atoms with van der Waals surface area (Å²) in [6.07, 6.45) is 5.84. The normalized spacial score (nSPS) is 28.3. The molecular formula is C29H33FN6O3. The number of carbonyl (C=O) groups excluding carboxylic acids is 1. The van der Waals surface area contributed by atoms with E-state index in [0.29, 0.717) is 40.4 Å². The van der Waals surface area contributed by atoms with Crippen LogP contribution in [-0.2, 0) is 0 Å². The molecule has 4 N–H and O–H groups in total. The molecule has 3 unspecified atom stereocenters. The van der Waals surface area contributed by atoms with Crippen LogP contribution in [0.5, 0.6) is 0 Å². The monoisotopic (exact) mass is 532 g/mol. The number of nitrogens with zero attached hydrogens (tertiary/aromatic N) is 4. The Labute approximate surface area is 226 Å². The van der Waals surface area contributed by atoms with Gasteiger partial charge in [-0.15, -0.1) is 0 Å². The van der Waals surface area contributed by atoms with Gasteiger partial charge in [0.05, 0.1) is 57.7 Å². The summed E-state index contributed by atoms with van der Waals surface area (Å²) in [5.74, 6) is 0.669. The molecule has 4 bridgehead atoms. The van der Waals surface area contributed by atoms with Crippen molar-refractivity contribution in [1.82, 2.24) is 19.9 Å². The van der Waals surface area contributed by atoms with Crippen molar-refractivity contribution >= 4 is 17.1 Å². The highest BCUT2D eigenvalue weighted by atomic mass is 19.1. The highest BCUT2D eigenvalue weighted by molar-refractivity contribution is 6.00. The van der Waals surface area contributed by atoms with Gasteiger partial charge in [-0.3, -0.25) is 9.78 Å². The Balaban J connectivity index is 1.34. The first-order chi connectivity index (χ1) is 18.5. The van der Waals surface area contributed by atoms with Gasteiger partial charge in [-0.05, 0) is 88.0 Å². The molecule has 4 aliphatic rings. The van der Waals surface area contributed by atoms with Crippen LogP contribution in [-0.4, -0.2) is 60.7 Å². The number of rotatable bonds is 7. The molecule has 4 aliphatic carbocycles. The lowest BCUT2D eigenvalue weighted by molar-refractivity contribution is -0.129. The second kappa shape index (κ2) is 9.28. The lowest BCUT2D eigenvalue weighted by atomic mass is 9.52. The Bertz CT molecular complexity index is 1460. The van der Waals surface area contributed by atoms with E-state index in [9.17, 15) is 24.7 Å². The van der Waals surface area contributed by atoms with Crippen LogP contribution in [0.4, 0.5) is 10.1 Å². The number of halogens is 1. The van der Waals surface area contributed by atoms with E-state index < -0.39 is 23.3 Å². The fourth-order valence-corrected chi connectivity index (χ4v) is 7.07. The second-order valence-electron chi connectivity index (χ2n) is 12.2. The van der Waals surface area contributed by atoms with E-state index in [1.807, 2.05) is 18.2 Å². The molecule has 1 amide bonds. The molecule has 3 aromatic heterocycles. The Morgan fingerprint density at radius 2 is 2.00 bits per heavy atom. The standard InChI is InChI=1S/C29H33FN6O3/c1-28(2,38)25(30)15-33-27(37)21-14-32-23(24-4-3-20-7-17(12-31)13-34-36(20)24)8-22(21)35-26-18-5-16-6-19(26)11-29(39,9-16)10-18/h3-4,7-8,13-14,16,18-19,25-26,38-39H,5-6,9-11,15H2,1-2H3,(H,32,35)(H,33,37). The maximum Gasteiger partial charge on any atom is 0.255 e. The Kier molecular flexibility index (Phi) is 6.12. The van der Waals surface area contributed by atoms with Gasteiger partial charge in [0.2, 0.25) is 0 Å². The summed E-state index contributed by atoms with van der Waals surface area (Å²) >= 11 is 0. The lowest BCUT2D eigenvalue weighted by Crippen LogP contribution is -2.59. The van der Waals surface area contributed by atoms with E-state index in [2.05, 4.69) is 26.8 Å². The summed E-state index contributed by atoms with van der Waals surface area (Å²) in [4.78, 5) is 17.8. The van der Waals surface area contributed by atoms with Crippen molar-refractivity contribution < 1.29 is 19.4 Å². The Morgan fingerprint density at radius 3 is 2.67 bits per heavy atom. The fraction of sp³-hybridized carbons (Fsp3) is 0.517. The van der Waals surface area contributed by atoms with Crippen LogP contribution in [0.3, 0.4) is 0 Å². The minimum atomic E-state index is -1.63. The molecule has 3 atom stereocenters. The van der Waals surface area contributed by atoms with Crippen molar-refractivity contribution in [2.45, 2.75) is 69.4 Å². The number of pyridine rings is 1. The van der Waals surface area contributed by atoms with Crippen LogP contribution in [0, 0.1) is 29.1 Å². The van der Waals surface area contributed by atoms with Crippen LogP contribution >= 0.6 is 0 Å². The molecule has 7 rings (SSSR count). The Hall–Kier alpha value is -3.55. The van der Waals surface area contributed by atoms with E-state index >= 15 is 0 Å². The molecule has 4 fully saturated rings. The maximum absolute atomic E-state index is 14.4. The molecule has 204 valence electrons. The van der Waals surface area contributed by atoms with Crippen molar-refractivity contribution in [3.8, 4) is 17.5 Å². The fourth-order valence-electron chi connectivity index (χ4n) is 7.07. The van der Waals surface area contributed by atoms with Crippen LogP contribution in [0.15, 0.2) is 36.7 Å². The molecule has 0 aliphatic heterocycles. The third-order valence-corrected chi connectivity index (χ3v) is 8.81. The molecule has 4 saturated carbocycles.